The van der Waals surface area contributed by atoms with E-state index in [9.17, 15) is 4.79 Å². The summed E-state index contributed by atoms with van der Waals surface area (Å²) in [6.45, 7) is 6.17. The molecule has 3 N–H and O–H groups in total. The van der Waals surface area contributed by atoms with Crippen LogP contribution in [0.5, 0.6) is 5.75 Å². The molecule has 4 heteroatoms. The van der Waals surface area contributed by atoms with Crippen molar-refractivity contribution in [2.75, 3.05) is 7.11 Å². The van der Waals surface area contributed by atoms with Gasteiger partial charge in [0.25, 0.3) is 0 Å². The van der Waals surface area contributed by atoms with Gasteiger partial charge in [0.1, 0.15) is 5.75 Å². The van der Waals surface area contributed by atoms with E-state index in [2.05, 4.69) is 13.8 Å². The molecule has 1 unspecified atom stereocenters. The molecule has 1 aromatic rings. The lowest BCUT2D eigenvalue weighted by molar-refractivity contribution is -0.137. The summed E-state index contributed by atoms with van der Waals surface area (Å²) in [5, 5.41) is 8.73. The summed E-state index contributed by atoms with van der Waals surface area (Å²) >= 11 is 0. The molecule has 0 amide bonds. The van der Waals surface area contributed by atoms with Crippen LogP contribution in [0.25, 0.3) is 0 Å². The van der Waals surface area contributed by atoms with Gasteiger partial charge in [-0.15, -0.1) is 0 Å². The first-order valence-corrected chi connectivity index (χ1v) is 6.52. The Labute approximate surface area is 114 Å². The lowest BCUT2D eigenvalue weighted by Gasteiger charge is -2.19. The van der Waals surface area contributed by atoms with Crippen LogP contribution >= 0.6 is 0 Å². The minimum absolute atomic E-state index is 0.0870. The third-order valence-electron chi connectivity index (χ3n) is 3.31. The van der Waals surface area contributed by atoms with E-state index in [0.717, 1.165) is 22.4 Å². The Kier molecular flexibility index (Phi) is 5.36. The summed E-state index contributed by atoms with van der Waals surface area (Å²) in [4.78, 5) is 10.6. The molecule has 0 fully saturated rings. The van der Waals surface area contributed by atoms with Gasteiger partial charge in [0.05, 0.1) is 7.11 Å². The topological polar surface area (TPSA) is 72.5 Å². The van der Waals surface area contributed by atoms with E-state index in [0.29, 0.717) is 12.3 Å². The molecule has 4 nitrogen and oxygen atoms in total. The van der Waals surface area contributed by atoms with Crippen LogP contribution in [0, 0.1) is 6.92 Å². The van der Waals surface area contributed by atoms with E-state index in [1.54, 1.807) is 7.11 Å². The highest BCUT2D eigenvalue weighted by molar-refractivity contribution is 5.66. The third-order valence-corrected chi connectivity index (χ3v) is 3.31. The number of carbonyl (C=O) groups is 1. The van der Waals surface area contributed by atoms with E-state index in [-0.39, 0.29) is 12.5 Å². The second-order valence-corrected chi connectivity index (χ2v) is 5.14. The highest BCUT2D eigenvalue weighted by Gasteiger charge is 2.16. The molecular weight excluding hydrogens is 242 g/mol. The smallest absolute Gasteiger partial charge is 0.303 e. The zero-order valence-corrected chi connectivity index (χ0v) is 12.1. The first-order chi connectivity index (χ1) is 8.86. The van der Waals surface area contributed by atoms with Crippen LogP contribution in [0.1, 0.15) is 55.3 Å². The monoisotopic (exact) mass is 265 g/mol. The summed E-state index contributed by atoms with van der Waals surface area (Å²) in [5.41, 5.74) is 9.25. The number of carboxylic acid groups (broad SMARTS) is 1. The van der Waals surface area contributed by atoms with Crippen molar-refractivity contribution in [3.63, 3.8) is 0 Å². The molecule has 106 valence electrons. The molecule has 1 rings (SSSR count). The Hall–Kier alpha value is -1.55. The SMILES string of the molecule is COc1cc(C)c(C(N)CCC(=O)O)cc1C(C)C. The fourth-order valence-electron chi connectivity index (χ4n) is 2.18. The summed E-state index contributed by atoms with van der Waals surface area (Å²) in [6.07, 6.45) is 0.531. The molecule has 19 heavy (non-hydrogen) atoms. The summed E-state index contributed by atoms with van der Waals surface area (Å²) < 4.78 is 5.39. The van der Waals surface area contributed by atoms with E-state index in [1.165, 1.54) is 0 Å². The van der Waals surface area contributed by atoms with Crippen LogP contribution in [-0.2, 0) is 4.79 Å². The lowest BCUT2D eigenvalue weighted by Crippen LogP contribution is -2.14. The number of carboxylic acids is 1. The van der Waals surface area contributed by atoms with Crippen molar-refractivity contribution in [1.29, 1.82) is 0 Å². The standard InChI is InChI=1S/C15H23NO3/c1-9(2)11-8-12(10(3)7-14(11)19-4)13(16)5-6-15(17)18/h7-9,13H,5-6,16H2,1-4H3,(H,17,18). The van der Waals surface area contributed by atoms with Gasteiger partial charge in [-0.3, -0.25) is 4.79 Å². The molecule has 0 bridgehead atoms. The van der Waals surface area contributed by atoms with Gasteiger partial charge in [-0.2, -0.15) is 0 Å². The zero-order chi connectivity index (χ0) is 14.6. The van der Waals surface area contributed by atoms with E-state index < -0.39 is 5.97 Å². The van der Waals surface area contributed by atoms with Crippen molar-refractivity contribution in [3.05, 3.63) is 28.8 Å². The van der Waals surface area contributed by atoms with Crippen LogP contribution in [0.4, 0.5) is 0 Å². The van der Waals surface area contributed by atoms with Gasteiger partial charge in [0, 0.05) is 12.5 Å². The van der Waals surface area contributed by atoms with Crippen LogP contribution in [0.15, 0.2) is 12.1 Å². The zero-order valence-electron chi connectivity index (χ0n) is 12.1. The van der Waals surface area contributed by atoms with Gasteiger partial charge in [0.15, 0.2) is 0 Å². The molecule has 0 radical (unpaired) electrons. The fraction of sp³-hybridized carbons (Fsp3) is 0.533. The number of ether oxygens (including phenoxy) is 1. The van der Waals surface area contributed by atoms with E-state index >= 15 is 0 Å². The summed E-state index contributed by atoms with van der Waals surface area (Å²) in [6, 6.07) is 3.77. The first kappa shape index (κ1) is 15.5. The summed E-state index contributed by atoms with van der Waals surface area (Å²) in [5.74, 6) is 0.383. The van der Waals surface area contributed by atoms with Crippen molar-refractivity contribution < 1.29 is 14.6 Å². The number of nitrogens with two attached hydrogens (primary N) is 1. The fourth-order valence-corrected chi connectivity index (χ4v) is 2.18. The molecular formula is C15H23NO3. The molecule has 1 aromatic carbocycles. The predicted octanol–water partition coefficient (Wildman–Crippen LogP) is 2.99. The molecule has 0 aliphatic carbocycles. The number of rotatable bonds is 6. The number of aryl methyl sites for hydroxylation is 1. The van der Waals surface area contributed by atoms with Gasteiger partial charge >= 0.3 is 5.97 Å². The lowest BCUT2D eigenvalue weighted by atomic mass is 9.91. The molecule has 1 atom stereocenters. The molecule has 0 spiro atoms. The Bertz CT molecular complexity index is 455. The maximum absolute atomic E-state index is 10.6. The Balaban J connectivity index is 3.06. The number of methoxy groups -OCH3 is 1. The number of aliphatic carboxylic acids is 1. The maximum Gasteiger partial charge on any atom is 0.303 e. The Morgan fingerprint density at radius 3 is 2.47 bits per heavy atom. The van der Waals surface area contributed by atoms with Gasteiger partial charge in [-0.1, -0.05) is 19.9 Å². The van der Waals surface area contributed by atoms with Gasteiger partial charge < -0.3 is 15.6 Å². The Morgan fingerprint density at radius 1 is 1.37 bits per heavy atom. The molecule has 0 aliphatic heterocycles. The number of benzene rings is 1. The third kappa shape index (κ3) is 3.96. The van der Waals surface area contributed by atoms with Crippen molar-refractivity contribution in [2.45, 2.75) is 45.6 Å². The highest BCUT2D eigenvalue weighted by atomic mass is 16.5. The molecule has 0 aromatic heterocycles. The average Bonchev–Trinajstić information content (AvgIpc) is 2.34. The largest absolute Gasteiger partial charge is 0.496 e. The minimum Gasteiger partial charge on any atom is -0.496 e. The normalized spacial score (nSPS) is 12.5. The van der Waals surface area contributed by atoms with Crippen LogP contribution in [0.3, 0.4) is 0 Å². The molecule has 0 saturated heterocycles. The van der Waals surface area contributed by atoms with E-state index in [1.807, 2.05) is 19.1 Å². The second kappa shape index (κ2) is 6.57. The molecule has 0 saturated carbocycles. The highest BCUT2D eigenvalue weighted by Crippen LogP contribution is 2.32. The van der Waals surface area contributed by atoms with Gasteiger partial charge in [-0.25, -0.2) is 0 Å². The first-order valence-electron chi connectivity index (χ1n) is 6.52. The van der Waals surface area contributed by atoms with Crippen LogP contribution in [-0.4, -0.2) is 18.2 Å². The van der Waals surface area contributed by atoms with Crippen molar-refractivity contribution in [3.8, 4) is 5.75 Å². The minimum atomic E-state index is -0.814. The van der Waals surface area contributed by atoms with Crippen molar-refractivity contribution >= 4 is 5.97 Å². The quantitative estimate of drug-likeness (QED) is 0.829. The molecule has 0 heterocycles. The number of hydrogen-bond acceptors (Lipinski definition) is 3. The van der Waals surface area contributed by atoms with Gasteiger partial charge in [0.2, 0.25) is 0 Å². The van der Waals surface area contributed by atoms with Crippen LogP contribution < -0.4 is 10.5 Å². The van der Waals surface area contributed by atoms with Crippen molar-refractivity contribution in [2.24, 2.45) is 5.73 Å². The Morgan fingerprint density at radius 2 is 2.00 bits per heavy atom. The predicted molar refractivity (Wildman–Crippen MR) is 75.6 cm³/mol. The average molecular weight is 265 g/mol. The molecule has 0 aliphatic rings. The van der Waals surface area contributed by atoms with Crippen molar-refractivity contribution in [1.82, 2.24) is 0 Å². The van der Waals surface area contributed by atoms with Gasteiger partial charge in [-0.05, 0) is 42.0 Å². The number of hydrogen-bond donors (Lipinski definition) is 2. The summed E-state index contributed by atoms with van der Waals surface area (Å²) in [7, 11) is 1.66. The second-order valence-electron chi connectivity index (χ2n) is 5.14. The van der Waals surface area contributed by atoms with E-state index in [4.69, 9.17) is 15.6 Å². The maximum atomic E-state index is 10.6. The van der Waals surface area contributed by atoms with Crippen LogP contribution in [0.2, 0.25) is 0 Å².